The Morgan fingerprint density at radius 2 is 2.12 bits per heavy atom. The van der Waals surface area contributed by atoms with E-state index in [2.05, 4.69) is 5.32 Å². The molecule has 0 aliphatic heterocycles. The van der Waals surface area contributed by atoms with Crippen molar-refractivity contribution in [2.45, 2.75) is 26.7 Å². The van der Waals surface area contributed by atoms with Gasteiger partial charge in [-0.3, -0.25) is 10.1 Å². The lowest BCUT2D eigenvalue weighted by atomic mass is 10.4. The topological polar surface area (TPSA) is 31.2 Å². The first-order valence-corrected chi connectivity index (χ1v) is 3.01. The van der Waals surface area contributed by atoms with Gasteiger partial charge in [0.05, 0.1) is 0 Å². The van der Waals surface area contributed by atoms with Crippen molar-refractivity contribution in [1.82, 2.24) is 5.32 Å². The number of rotatable bonds is 3. The molecule has 2 heteroatoms. The fourth-order valence-electron chi connectivity index (χ4n) is 0.348. The van der Waals surface area contributed by atoms with Crippen LogP contribution in [0, 0.1) is 0 Å². The van der Waals surface area contributed by atoms with Gasteiger partial charge in [-0.25, -0.2) is 0 Å². The van der Waals surface area contributed by atoms with Crippen LogP contribution >= 0.6 is 0 Å². The van der Waals surface area contributed by atoms with E-state index in [0.29, 0.717) is 13.0 Å². The Bertz CT molecular complexity index is 70.9. The maximum absolute atomic E-state index is 10.4. The summed E-state index contributed by atoms with van der Waals surface area (Å²) >= 11 is 0. The minimum atomic E-state index is 0.0202. The van der Waals surface area contributed by atoms with Crippen molar-refractivity contribution in [3.8, 4) is 0 Å². The molecule has 0 rings (SSSR count). The van der Waals surface area contributed by atoms with Crippen molar-refractivity contribution in [2.24, 2.45) is 0 Å². The zero-order valence-corrected chi connectivity index (χ0v) is 5.48. The van der Waals surface area contributed by atoms with Crippen LogP contribution in [0.3, 0.4) is 0 Å². The van der Waals surface area contributed by atoms with E-state index >= 15 is 0 Å². The number of carbonyl (C=O) groups excluding carboxylic acids is 1. The summed E-state index contributed by atoms with van der Waals surface area (Å²) in [5, 5.41) is 3.72. The fraction of sp³-hybridized carbons (Fsp3) is 0.833. The van der Waals surface area contributed by atoms with E-state index in [1.165, 1.54) is 0 Å². The van der Waals surface area contributed by atoms with Gasteiger partial charge in [-0.15, -0.1) is 0 Å². The average Bonchev–Trinajstić information content (AvgIpc) is 1.83. The molecule has 0 spiro atoms. The molecule has 0 aromatic carbocycles. The third kappa shape index (κ3) is 3.65. The van der Waals surface area contributed by atoms with E-state index in [0.717, 1.165) is 6.42 Å². The summed E-state index contributed by atoms with van der Waals surface area (Å²) in [5.41, 5.74) is 0. The lowest BCUT2D eigenvalue weighted by molar-refractivity contribution is -0.121. The Morgan fingerprint density at radius 3 is 2.50 bits per heavy atom. The van der Waals surface area contributed by atoms with Crippen LogP contribution in [-0.2, 0) is 4.79 Å². The molecular weight excluding hydrogens is 102 g/mol. The zero-order valence-electron chi connectivity index (χ0n) is 5.48. The Hall–Kier alpha value is -0.530. The molecule has 1 radical (unpaired) electrons. The van der Waals surface area contributed by atoms with E-state index < -0.39 is 0 Å². The predicted molar refractivity (Wildman–Crippen MR) is 32.6 cm³/mol. The summed E-state index contributed by atoms with van der Waals surface area (Å²) in [6.45, 7) is 4.51. The third-order valence-electron chi connectivity index (χ3n) is 0.814. The van der Waals surface area contributed by atoms with Gasteiger partial charge in [-0.1, -0.05) is 13.8 Å². The minimum absolute atomic E-state index is 0.0202. The highest BCUT2D eigenvalue weighted by molar-refractivity contribution is 5.75. The Kier molecular flexibility index (Phi) is 4.32. The molecule has 47 valence electrons. The van der Waals surface area contributed by atoms with Crippen LogP contribution in [0.25, 0.3) is 0 Å². The molecule has 0 bridgehead atoms. The molecule has 2 nitrogen and oxygen atoms in total. The van der Waals surface area contributed by atoms with Crippen LogP contribution in [0.2, 0.25) is 0 Å². The predicted octanol–water partition coefficient (Wildman–Crippen LogP) is 0.937. The molecular formula is C6H12NO. The smallest absolute Gasteiger partial charge is 0.240 e. The highest BCUT2D eigenvalue weighted by atomic mass is 16.1. The maximum Gasteiger partial charge on any atom is 0.240 e. The minimum Gasteiger partial charge on any atom is -0.273 e. The van der Waals surface area contributed by atoms with Crippen molar-refractivity contribution in [2.75, 3.05) is 6.54 Å². The molecule has 0 aliphatic rings. The second kappa shape index (κ2) is 4.62. The van der Waals surface area contributed by atoms with Gasteiger partial charge in [0.25, 0.3) is 0 Å². The van der Waals surface area contributed by atoms with Crippen LogP contribution in [-0.4, -0.2) is 12.5 Å². The largest absolute Gasteiger partial charge is 0.273 e. The van der Waals surface area contributed by atoms with Gasteiger partial charge in [0.2, 0.25) is 5.91 Å². The normalized spacial score (nSPS) is 8.75. The molecule has 0 saturated heterocycles. The number of amides is 1. The van der Waals surface area contributed by atoms with E-state index in [1.54, 1.807) is 0 Å². The average molecular weight is 114 g/mol. The number of hydrogen-bond acceptors (Lipinski definition) is 1. The summed E-state index contributed by atoms with van der Waals surface area (Å²) in [6, 6.07) is 0. The fourth-order valence-corrected chi connectivity index (χ4v) is 0.348. The first kappa shape index (κ1) is 7.47. The molecule has 8 heavy (non-hydrogen) atoms. The SMILES string of the molecule is CCC[N]C(=O)CC. The van der Waals surface area contributed by atoms with Crippen LogP contribution in [0.1, 0.15) is 26.7 Å². The Labute approximate surface area is 50.3 Å². The van der Waals surface area contributed by atoms with Crippen molar-refractivity contribution >= 4 is 5.91 Å². The van der Waals surface area contributed by atoms with E-state index in [-0.39, 0.29) is 5.91 Å². The number of nitrogens with zero attached hydrogens (tertiary/aromatic N) is 1. The summed E-state index contributed by atoms with van der Waals surface area (Å²) in [6.07, 6.45) is 1.51. The van der Waals surface area contributed by atoms with E-state index in [1.807, 2.05) is 13.8 Å². The van der Waals surface area contributed by atoms with Crippen molar-refractivity contribution in [3.63, 3.8) is 0 Å². The standard InChI is InChI=1S/C6H12NO/c1-3-5-7-6(8)4-2/h3-5H2,1-2H3. The molecule has 0 unspecified atom stereocenters. The lowest BCUT2D eigenvalue weighted by Gasteiger charge is -1.93. The molecule has 0 N–H and O–H groups in total. The number of hydrogen-bond donors (Lipinski definition) is 0. The molecule has 0 saturated carbocycles. The summed E-state index contributed by atoms with van der Waals surface area (Å²) in [4.78, 5) is 10.4. The van der Waals surface area contributed by atoms with Gasteiger partial charge < -0.3 is 0 Å². The molecule has 0 fully saturated rings. The van der Waals surface area contributed by atoms with Gasteiger partial charge in [-0.2, -0.15) is 0 Å². The van der Waals surface area contributed by atoms with Crippen LogP contribution < -0.4 is 5.32 Å². The van der Waals surface area contributed by atoms with Gasteiger partial charge in [0.1, 0.15) is 0 Å². The van der Waals surface area contributed by atoms with Gasteiger partial charge in [0, 0.05) is 13.0 Å². The second-order valence-electron chi connectivity index (χ2n) is 1.63. The lowest BCUT2D eigenvalue weighted by Crippen LogP contribution is -2.14. The highest BCUT2D eigenvalue weighted by Crippen LogP contribution is 1.78. The zero-order chi connectivity index (χ0) is 6.41. The summed E-state index contributed by atoms with van der Waals surface area (Å²) in [5.74, 6) is 0.0202. The maximum atomic E-state index is 10.4. The molecule has 0 aromatic rings. The molecule has 1 amide bonds. The van der Waals surface area contributed by atoms with Crippen molar-refractivity contribution < 1.29 is 4.79 Å². The van der Waals surface area contributed by atoms with E-state index in [9.17, 15) is 4.79 Å². The van der Waals surface area contributed by atoms with Crippen LogP contribution in [0.4, 0.5) is 0 Å². The molecule has 0 heterocycles. The first-order chi connectivity index (χ1) is 3.81. The number of carbonyl (C=O) groups is 1. The quantitative estimate of drug-likeness (QED) is 0.537. The Balaban J connectivity index is 2.99. The highest BCUT2D eigenvalue weighted by Gasteiger charge is 1.93. The van der Waals surface area contributed by atoms with Crippen molar-refractivity contribution in [1.29, 1.82) is 0 Å². The third-order valence-corrected chi connectivity index (χ3v) is 0.814. The van der Waals surface area contributed by atoms with Crippen molar-refractivity contribution in [3.05, 3.63) is 0 Å². The monoisotopic (exact) mass is 114 g/mol. The second-order valence-corrected chi connectivity index (χ2v) is 1.63. The first-order valence-electron chi connectivity index (χ1n) is 3.01. The van der Waals surface area contributed by atoms with Gasteiger partial charge >= 0.3 is 0 Å². The Morgan fingerprint density at radius 1 is 1.50 bits per heavy atom. The van der Waals surface area contributed by atoms with Crippen LogP contribution in [0.15, 0.2) is 0 Å². The van der Waals surface area contributed by atoms with Gasteiger partial charge in [-0.05, 0) is 6.42 Å². The van der Waals surface area contributed by atoms with E-state index in [4.69, 9.17) is 0 Å². The molecule has 0 aromatic heterocycles. The summed E-state index contributed by atoms with van der Waals surface area (Å²) in [7, 11) is 0. The van der Waals surface area contributed by atoms with Gasteiger partial charge in [0.15, 0.2) is 0 Å². The molecule has 0 aliphatic carbocycles. The summed E-state index contributed by atoms with van der Waals surface area (Å²) < 4.78 is 0. The molecule has 0 atom stereocenters. The van der Waals surface area contributed by atoms with Crippen LogP contribution in [0.5, 0.6) is 0 Å².